The summed E-state index contributed by atoms with van der Waals surface area (Å²) in [5.74, 6) is -0.788. The Morgan fingerprint density at radius 1 is 1.44 bits per heavy atom. The van der Waals surface area contributed by atoms with E-state index in [0.717, 1.165) is 0 Å². The van der Waals surface area contributed by atoms with E-state index in [1.807, 2.05) is 0 Å². The van der Waals surface area contributed by atoms with Crippen LogP contribution in [0.25, 0.3) is 0 Å². The van der Waals surface area contributed by atoms with E-state index < -0.39 is 11.8 Å². The predicted molar refractivity (Wildman–Crippen MR) is 58.9 cm³/mol. The van der Waals surface area contributed by atoms with Gasteiger partial charge in [0.25, 0.3) is 5.91 Å². The summed E-state index contributed by atoms with van der Waals surface area (Å²) in [4.78, 5) is 22.1. The van der Waals surface area contributed by atoms with Gasteiger partial charge in [-0.2, -0.15) is 0 Å². The van der Waals surface area contributed by atoms with E-state index in [0.29, 0.717) is 5.69 Å². The van der Waals surface area contributed by atoms with E-state index in [4.69, 9.17) is 16.2 Å². The minimum atomic E-state index is -0.615. The van der Waals surface area contributed by atoms with Crippen molar-refractivity contribution in [2.24, 2.45) is 5.73 Å². The highest BCUT2D eigenvalue weighted by Crippen LogP contribution is 2.25. The summed E-state index contributed by atoms with van der Waals surface area (Å²) in [5.41, 5.74) is 11.2. The quantitative estimate of drug-likeness (QED) is 0.597. The zero-order chi connectivity index (χ0) is 12.1. The molecular formula is C10H13N3O3. The molecule has 16 heavy (non-hydrogen) atoms. The minimum Gasteiger partial charge on any atom is -0.494 e. The van der Waals surface area contributed by atoms with Gasteiger partial charge in [-0.3, -0.25) is 9.59 Å². The summed E-state index contributed by atoms with van der Waals surface area (Å²) in [5, 5.41) is 2.35. The zero-order valence-corrected chi connectivity index (χ0v) is 8.82. The van der Waals surface area contributed by atoms with Gasteiger partial charge in [0.15, 0.2) is 5.75 Å². The molecule has 2 amide bonds. The van der Waals surface area contributed by atoms with Crippen LogP contribution in [0, 0.1) is 0 Å². The number of amides is 2. The Kier molecular flexibility index (Phi) is 3.71. The summed E-state index contributed by atoms with van der Waals surface area (Å²) in [6, 6.07) is 4.78. The van der Waals surface area contributed by atoms with Crippen LogP contribution < -0.4 is 21.5 Å². The molecule has 0 aliphatic heterocycles. The molecule has 0 aliphatic carbocycles. The van der Waals surface area contributed by atoms with Crippen molar-refractivity contribution in [1.82, 2.24) is 5.32 Å². The average Bonchev–Trinajstić information content (AvgIpc) is 2.25. The number of carbonyl (C=O) groups excluding carboxylic acids is 2. The van der Waals surface area contributed by atoms with Gasteiger partial charge < -0.3 is 21.5 Å². The standard InChI is InChI=1S/C10H13N3O3/c1-16-9-6(3-2-4-7(9)11)10(15)13-5-8(12)14/h2-4H,5,11H2,1H3,(H2,12,14)(H,13,15). The maximum absolute atomic E-state index is 11.6. The average molecular weight is 223 g/mol. The van der Waals surface area contributed by atoms with E-state index in [-0.39, 0.29) is 17.9 Å². The Balaban J connectivity index is 2.90. The van der Waals surface area contributed by atoms with Crippen LogP contribution in [-0.2, 0) is 4.79 Å². The molecule has 0 heterocycles. The maximum atomic E-state index is 11.6. The molecule has 1 aromatic carbocycles. The highest BCUT2D eigenvalue weighted by Gasteiger charge is 2.14. The summed E-state index contributed by atoms with van der Waals surface area (Å²) >= 11 is 0. The summed E-state index contributed by atoms with van der Waals surface area (Å²) in [6.07, 6.45) is 0. The van der Waals surface area contributed by atoms with E-state index in [9.17, 15) is 9.59 Å². The van der Waals surface area contributed by atoms with Gasteiger partial charge in [0.05, 0.1) is 24.9 Å². The molecule has 0 aliphatic rings. The molecule has 0 spiro atoms. The first-order valence-electron chi connectivity index (χ1n) is 4.55. The first-order chi connectivity index (χ1) is 7.56. The monoisotopic (exact) mass is 223 g/mol. The molecule has 0 saturated carbocycles. The van der Waals surface area contributed by atoms with Gasteiger partial charge >= 0.3 is 0 Å². The number of anilines is 1. The van der Waals surface area contributed by atoms with E-state index in [1.54, 1.807) is 18.2 Å². The molecule has 1 aromatic rings. The smallest absolute Gasteiger partial charge is 0.255 e. The number of ether oxygens (including phenoxy) is 1. The van der Waals surface area contributed by atoms with Gasteiger partial charge in [-0.15, -0.1) is 0 Å². The van der Waals surface area contributed by atoms with Gasteiger partial charge in [0.1, 0.15) is 0 Å². The normalized spacial score (nSPS) is 9.56. The fourth-order valence-electron chi connectivity index (χ4n) is 1.22. The number of nitrogens with two attached hydrogens (primary N) is 2. The minimum absolute atomic E-state index is 0.225. The van der Waals surface area contributed by atoms with Crippen molar-refractivity contribution in [1.29, 1.82) is 0 Å². The SMILES string of the molecule is COc1c(N)cccc1C(=O)NCC(N)=O. The fraction of sp³-hybridized carbons (Fsp3) is 0.200. The Morgan fingerprint density at radius 3 is 2.69 bits per heavy atom. The molecule has 86 valence electrons. The van der Waals surface area contributed by atoms with Crippen LogP contribution in [-0.4, -0.2) is 25.5 Å². The van der Waals surface area contributed by atoms with Crippen molar-refractivity contribution in [3.8, 4) is 5.75 Å². The number of carbonyl (C=O) groups is 2. The number of rotatable bonds is 4. The fourth-order valence-corrected chi connectivity index (χ4v) is 1.22. The number of para-hydroxylation sites is 1. The van der Waals surface area contributed by atoms with Crippen LogP contribution in [0.15, 0.2) is 18.2 Å². The van der Waals surface area contributed by atoms with Gasteiger partial charge in [-0.1, -0.05) is 6.07 Å². The number of benzene rings is 1. The number of methoxy groups -OCH3 is 1. The molecule has 1 rings (SSSR count). The molecule has 0 radical (unpaired) electrons. The van der Waals surface area contributed by atoms with Crippen LogP contribution in [0.3, 0.4) is 0 Å². The van der Waals surface area contributed by atoms with Crippen LogP contribution in [0.4, 0.5) is 5.69 Å². The first-order valence-corrected chi connectivity index (χ1v) is 4.55. The van der Waals surface area contributed by atoms with Crippen molar-refractivity contribution in [2.45, 2.75) is 0 Å². The lowest BCUT2D eigenvalue weighted by Crippen LogP contribution is -2.33. The summed E-state index contributed by atoms with van der Waals surface area (Å²) in [6.45, 7) is -0.225. The van der Waals surface area contributed by atoms with Crippen LogP contribution in [0.5, 0.6) is 5.75 Å². The van der Waals surface area contributed by atoms with Crippen molar-refractivity contribution in [3.63, 3.8) is 0 Å². The molecule has 0 fully saturated rings. The van der Waals surface area contributed by atoms with Crippen molar-refractivity contribution in [2.75, 3.05) is 19.4 Å². The van der Waals surface area contributed by atoms with E-state index in [2.05, 4.69) is 5.32 Å². The second kappa shape index (κ2) is 5.01. The van der Waals surface area contributed by atoms with Crippen molar-refractivity contribution >= 4 is 17.5 Å². The Labute approximate surface area is 92.6 Å². The van der Waals surface area contributed by atoms with Gasteiger partial charge in [-0.05, 0) is 12.1 Å². The van der Waals surface area contributed by atoms with Crippen molar-refractivity contribution < 1.29 is 14.3 Å². The van der Waals surface area contributed by atoms with Gasteiger partial charge in [-0.25, -0.2) is 0 Å². The highest BCUT2D eigenvalue weighted by molar-refractivity contribution is 6.00. The third-order valence-corrected chi connectivity index (χ3v) is 1.92. The Morgan fingerprint density at radius 2 is 2.12 bits per heavy atom. The largest absolute Gasteiger partial charge is 0.494 e. The lowest BCUT2D eigenvalue weighted by atomic mass is 10.1. The lowest BCUT2D eigenvalue weighted by molar-refractivity contribution is -0.117. The number of nitrogen functional groups attached to an aromatic ring is 1. The molecule has 0 atom stereocenters. The molecule has 0 saturated heterocycles. The number of nitrogens with one attached hydrogen (secondary N) is 1. The molecule has 0 aromatic heterocycles. The third kappa shape index (κ3) is 2.63. The number of hydrogen-bond donors (Lipinski definition) is 3. The van der Waals surface area contributed by atoms with Gasteiger partial charge in [0.2, 0.25) is 5.91 Å². The second-order valence-electron chi connectivity index (χ2n) is 3.08. The van der Waals surface area contributed by atoms with E-state index >= 15 is 0 Å². The highest BCUT2D eigenvalue weighted by atomic mass is 16.5. The molecule has 0 bridgehead atoms. The summed E-state index contributed by atoms with van der Waals surface area (Å²) < 4.78 is 5.00. The predicted octanol–water partition coefficient (Wildman–Crippen LogP) is -0.507. The molecule has 0 unspecified atom stereocenters. The van der Waals surface area contributed by atoms with Crippen LogP contribution >= 0.6 is 0 Å². The maximum Gasteiger partial charge on any atom is 0.255 e. The number of hydrogen-bond acceptors (Lipinski definition) is 4. The Hall–Kier alpha value is -2.24. The third-order valence-electron chi connectivity index (χ3n) is 1.92. The first kappa shape index (κ1) is 11.8. The topological polar surface area (TPSA) is 107 Å². The molecule has 5 N–H and O–H groups in total. The lowest BCUT2D eigenvalue weighted by Gasteiger charge is -2.10. The van der Waals surface area contributed by atoms with Crippen LogP contribution in [0.1, 0.15) is 10.4 Å². The summed E-state index contributed by atoms with van der Waals surface area (Å²) in [7, 11) is 1.41. The van der Waals surface area contributed by atoms with Gasteiger partial charge in [0, 0.05) is 0 Å². The molecular weight excluding hydrogens is 210 g/mol. The molecule has 6 heteroatoms. The van der Waals surface area contributed by atoms with Crippen molar-refractivity contribution in [3.05, 3.63) is 23.8 Å². The number of primary amides is 1. The Bertz CT molecular complexity index is 418. The van der Waals surface area contributed by atoms with E-state index in [1.165, 1.54) is 7.11 Å². The zero-order valence-electron chi connectivity index (χ0n) is 8.82. The van der Waals surface area contributed by atoms with Crippen LogP contribution in [0.2, 0.25) is 0 Å². The molecule has 6 nitrogen and oxygen atoms in total. The second-order valence-corrected chi connectivity index (χ2v) is 3.08.